The van der Waals surface area contributed by atoms with Gasteiger partial charge in [0.2, 0.25) is 5.91 Å². The number of rotatable bonds is 6. The number of methoxy groups -OCH3 is 1. The van der Waals surface area contributed by atoms with Gasteiger partial charge in [-0.15, -0.1) is 0 Å². The highest BCUT2D eigenvalue weighted by molar-refractivity contribution is 9.10. The Balaban J connectivity index is 1.47. The van der Waals surface area contributed by atoms with Gasteiger partial charge >= 0.3 is 5.97 Å². The van der Waals surface area contributed by atoms with Gasteiger partial charge in [0, 0.05) is 17.6 Å². The van der Waals surface area contributed by atoms with Crippen LogP contribution in [0.1, 0.15) is 35.2 Å². The van der Waals surface area contributed by atoms with Crippen LogP contribution in [0.2, 0.25) is 0 Å². The molecule has 0 atom stereocenters. The van der Waals surface area contributed by atoms with E-state index in [0.717, 1.165) is 40.4 Å². The van der Waals surface area contributed by atoms with Crippen LogP contribution in [0.5, 0.6) is 11.5 Å². The Bertz CT molecular complexity index is 1210. The number of thioether (sulfide) groups is 1. The lowest BCUT2D eigenvalue weighted by molar-refractivity contribution is -0.136. The van der Waals surface area contributed by atoms with E-state index in [4.69, 9.17) is 9.47 Å². The van der Waals surface area contributed by atoms with E-state index in [1.54, 1.807) is 53.4 Å². The number of benzene rings is 2. The second kappa shape index (κ2) is 11.1. The summed E-state index contributed by atoms with van der Waals surface area (Å²) >= 11 is 4.11. The fourth-order valence-corrected chi connectivity index (χ4v) is 5.04. The van der Waals surface area contributed by atoms with E-state index in [-0.39, 0.29) is 23.1 Å². The maximum atomic E-state index is 12.8. The number of nitrogens with zero attached hydrogens (tertiary/aromatic N) is 2. The number of ether oxygens (including phenoxy) is 2. The van der Waals surface area contributed by atoms with Gasteiger partial charge in [-0.2, -0.15) is 0 Å². The van der Waals surface area contributed by atoms with Gasteiger partial charge in [-0.1, -0.05) is 28.1 Å². The summed E-state index contributed by atoms with van der Waals surface area (Å²) in [6.07, 6.45) is 4.51. The molecule has 0 saturated carbocycles. The molecule has 0 N–H and O–H groups in total. The molecule has 0 radical (unpaired) electrons. The Morgan fingerprint density at radius 3 is 2.54 bits per heavy atom. The van der Waals surface area contributed by atoms with Crippen LogP contribution in [0.3, 0.4) is 0 Å². The average molecular weight is 559 g/mol. The van der Waals surface area contributed by atoms with E-state index < -0.39 is 17.1 Å². The Morgan fingerprint density at radius 1 is 1.06 bits per heavy atom. The first-order valence-corrected chi connectivity index (χ1v) is 12.7. The summed E-state index contributed by atoms with van der Waals surface area (Å²) in [5.74, 6) is -0.755. The first-order chi connectivity index (χ1) is 16.9. The first kappa shape index (κ1) is 25.0. The smallest absolute Gasteiger partial charge is 0.343 e. The molecule has 8 nitrogen and oxygen atoms in total. The van der Waals surface area contributed by atoms with Crippen molar-refractivity contribution in [3.8, 4) is 11.5 Å². The minimum Gasteiger partial charge on any atom is -0.493 e. The molecule has 182 valence electrons. The summed E-state index contributed by atoms with van der Waals surface area (Å²) in [4.78, 5) is 53.2. The molecule has 3 amide bonds. The van der Waals surface area contributed by atoms with E-state index in [2.05, 4.69) is 15.9 Å². The van der Waals surface area contributed by atoms with Crippen molar-refractivity contribution >= 4 is 56.8 Å². The standard InChI is InChI=1S/C25H23BrN2O6S/c1-33-20-12-16(8-9-19(20)34-24(31)17-6-5-7-18(26)14-17)13-21-23(30)28(25(32)35-21)15-22(29)27-10-3-2-4-11-27/h5-9,12-14H,2-4,10-11,15H2,1H3/b21-13-. The quantitative estimate of drug-likeness (QED) is 0.287. The van der Waals surface area contributed by atoms with Crippen LogP contribution in [0.15, 0.2) is 51.8 Å². The zero-order chi connectivity index (χ0) is 24.9. The Hall–Kier alpha value is -3.11. The lowest BCUT2D eigenvalue weighted by Gasteiger charge is -2.27. The molecule has 2 heterocycles. The minimum atomic E-state index is -0.545. The SMILES string of the molecule is COc1cc(/C=C2\SC(=O)N(CC(=O)N3CCCCC3)C2=O)ccc1OC(=O)c1cccc(Br)c1. The zero-order valence-electron chi connectivity index (χ0n) is 19.0. The monoisotopic (exact) mass is 558 g/mol. The van der Waals surface area contributed by atoms with E-state index in [9.17, 15) is 19.2 Å². The predicted molar refractivity (Wildman–Crippen MR) is 135 cm³/mol. The third-order valence-corrected chi connectivity index (χ3v) is 7.02. The summed E-state index contributed by atoms with van der Waals surface area (Å²) in [6.45, 7) is 1.06. The lowest BCUT2D eigenvalue weighted by atomic mass is 10.1. The third kappa shape index (κ3) is 5.94. The van der Waals surface area contributed by atoms with Gasteiger partial charge in [-0.05, 0) is 73.0 Å². The van der Waals surface area contributed by atoms with Crippen molar-refractivity contribution in [2.75, 3.05) is 26.7 Å². The molecule has 4 rings (SSSR count). The van der Waals surface area contributed by atoms with Gasteiger partial charge < -0.3 is 14.4 Å². The van der Waals surface area contributed by atoms with Gasteiger partial charge in [0.15, 0.2) is 11.5 Å². The van der Waals surface area contributed by atoms with Crippen molar-refractivity contribution in [2.24, 2.45) is 0 Å². The maximum Gasteiger partial charge on any atom is 0.343 e. The number of carbonyl (C=O) groups excluding carboxylic acids is 4. The molecular formula is C25H23BrN2O6S. The van der Waals surface area contributed by atoms with Crippen LogP contribution in [0.25, 0.3) is 6.08 Å². The van der Waals surface area contributed by atoms with Gasteiger partial charge in [-0.25, -0.2) is 4.79 Å². The molecule has 0 aliphatic carbocycles. The van der Waals surface area contributed by atoms with Crippen molar-refractivity contribution in [3.05, 3.63) is 63.0 Å². The van der Waals surface area contributed by atoms with Crippen LogP contribution in [0, 0.1) is 0 Å². The Labute approximate surface area is 215 Å². The molecule has 2 aliphatic rings. The third-order valence-electron chi connectivity index (χ3n) is 5.62. The van der Waals surface area contributed by atoms with Gasteiger partial charge in [-0.3, -0.25) is 19.3 Å². The first-order valence-electron chi connectivity index (χ1n) is 11.0. The minimum absolute atomic E-state index is 0.211. The number of esters is 1. The largest absolute Gasteiger partial charge is 0.493 e. The van der Waals surface area contributed by atoms with Gasteiger partial charge in [0.25, 0.3) is 11.1 Å². The normalized spacial score (nSPS) is 17.1. The zero-order valence-corrected chi connectivity index (χ0v) is 21.4. The molecule has 0 aromatic heterocycles. The highest BCUT2D eigenvalue weighted by Crippen LogP contribution is 2.35. The molecule has 10 heteroatoms. The van der Waals surface area contributed by atoms with Crippen molar-refractivity contribution < 1.29 is 28.7 Å². The van der Waals surface area contributed by atoms with E-state index >= 15 is 0 Å². The van der Waals surface area contributed by atoms with Crippen molar-refractivity contribution in [2.45, 2.75) is 19.3 Å². The fraction of sp³-hybridized carbons (Fsp3) is 0.280. The maximum absolute atomic E-state index is 12.8. The van der Waals surface area contributed by atoms with E-state index in [1.807, 2.05) is 0 Å². The number of hydrogen-bond donors (Lipinski definition) is 0. The summed E-state index contributed by atoms with van der Waals surface area (Å²) in [7, 11) is 1.44. The highest BCUT2D eigenvalue weighted by Gasteiger charge is 2.37. The molecule has 2 aromatic rings. The molecule has 2 aliphatic heterocycles. The molecule has 2 fully saturated rings. The van der Waals surface area contributed by atoms with E-state index in [1.165, 1.54) is 7.11 Å². The Morgan fingerprint density at radius 2 is 1.83 bits per heavy atom. The Kier molecular flexibility index (Phi) is 7.92. The fourth-order valence-electron chi connectivity index (χ4n) is 3.80. The number of carbonyl (C=O) groups is 4. The molecular weight excluding hydrogens is 536 g/mol. The van der Waals surface area contributed by atoms with Crippen molar-refractivity contribution in [1.82, 2.24) is 9.80 Å². The second-order valence-electron chi connectivity index (χ2n) is 8.02. The average Bonchev–Trinajstić information content (AvgIpc) is 3.12. The van der Waals surface area contributed by atoms with Crippen LogP contribution in [-0.4, -0.2) is 59.6 Å². The van der Waals surface area contributed by atoms with E-state index in [0.29, 0.717) is 30.0 Å². The predicted octanol–water partition coefficient (Wildman–Crippen LogP) is 4.73. The number of piperidine rings is 1. The topological polar surface area (TPSA) is 93.2 Å². The molecule has 0 bridgehead atoms. The lowest BCUT2D eigenvalue weighted by Crippen LogP contribution is -2.44. The number of imide groups is 1. The molecule has 0 spiro atoms. The second-order valence-corrected chi connectivity index (χ2v) is 9.93. The highest BCUT2D eigenvalue weighted by atomic mass is 79.9. The molecule has 2 saturated heterocycles. The van der Waals surface area contributed by atoms with Crippen LogP contribution in [0.4, 0.5) is 4.79 Å². The summed E-state index contributed by atoms with van der Waals surface area (Å²) in [5.41, 5.74) is 0.954. The molecule has 2 aromatic carbocycles. The summed E-state index contributed by atoms with van der Waals surface area (Å²) in [6, 6.07) is 11.6. The van der Waals surface area contributed by atoms with Crippen molar-refractivity contribution in [3.63, 3.8) is 0 Å². The number of halogens is 1. The molecule has 35 heavy (non-hydrogen) atoms. The number of amides is 3. The summed E-state index contributed by atoms with van der Waals surface area (Å²) < 4.78 is 11.6. The van der Waals surface area contributed by atoms with Gasteiger partial charge in [0.05, 0.1) is 17.6 Å². The van der Waals surface area contributed by atoms with Crippen LogP contribution in [-0.2, 0) is 9.59 Å². The van der Waals surface area contributed by atoms with Crippen LogP contribution >= 0.6 is 27.7 Å². The van der Waals surface area contributed by atoms with Gasteiger partial charge in [0.1, 0.15) is 6.54 Å². The number of hydrogen-bond acceptors (Lipinski definition) is 7. The van der Waals surface area contributed by atoms with Crippen molar-refractivity contribution in [1.29, 1.82) is 0 Å². The van der Waals surface area contributed by atoms with Crippen LogP contribution < -0.4 is 9.47 Å². The summed E-state index contributed by atoms with van der Waals surface area (Å²) in [5, 5.41) is -0.474. The number of likely N-dealkylation sites (tertiary alicyclic amines) is 1. The molecule has 0 unspecified atom stereocenters.